The number of carboxylic acids is 1. The summed E-state index contributed by atoms with van der Waals surface area (Å²) in [6.07, 6.45) is 4.15. The van der Waals surface area contributed by atoms with Crippen LogP contribution in [0.2, 0.25) is 0 Å². The Labute approximate surface area is 113 Å². The Kier molecular flexibility index (Phi) is 6.63. The van der Waals surface area contributed by atoms with Gasteiger partial charge in [0.25, 0.3) is 0 Å². The molecule has 0 aliphatic carbocycles. The maximum Gasteiger partial charge on any atom is 0.303 e. The lowest BCUT2D eigenvalue weighted by atomic mass is 10.1. The summed E-state index contributed by atoms with van der Waals surface area (Å²) >= 11 is 0. The van der Waals surface area contributed by atoms with Gasteiger partial charge < -0.3 is 15.2 Å². The van der Waals surface area contributed by atoms with Crippen LogP contribution < -0.4 is 10.1 Å². The van der Waals surface area contributed by atoms with Crippen LogP contribution in [-0.2, 0) is 4.79 Å². The second kappa shape index (κ2) is 8.29. The summed E-state index contributed by atoms with van der Waals surface area (Å²) < 4.78 is 5.42. The lowest BCUT2D eigenvalue weighted by molar-refractivity contribution is -0.137. The molecule has 6 heteroatoms. The number of aliphatic carboxylic acids is 1. The summed E-state index contributed by atoms with van der Waals surface area (Å²) in [6, 6.07) is 1.84. The van der Waals surface area contributed by atoms with Gasteiger partial charge in [0.15, 0.2) is 0 Å². The average molecular weight is 267 g/mol. The van der Waals surface area contributed by atoms with E-state index in [0.717, 1.165) is 12.8 Å². The van der Waals surface area contributed by atoms with Gasteiger partial charge in [-0.2, -0.15) is 4.98 Å². The summed E-state index contributed by atoms with van der Waals surface area (Å²) in [6.45, 7) is 4.64. The van der Waals surface area contributed by atoms with E-state index in [-0.39, 0.29) is 12.5 Å². The molecule has 106 valence electrons. The first-order valence-corrected chi connectivity index (χ1v) is 6.56. The van der Waals surface area contributed by atoms with E-state index in [1.54, 1.807) is 12.3 Å². The minimum atomic E-state index is -0.765. The Morgan fingerprint density at radius 3 is 3.05 bits per heavy atom. The van der Waals surface area contributed by atoms with E-state index in [1.807, 2.05) is 13.8 Å². The van der Waals surface area contributed by atoms with Gasteiger partial charge in [0.05, 0.1) is 6.61 Å². The zero-order valence-electron chi connectivity index (χ0n) is 11.4. The molecule has 1 heterocycles. The van der Waals surface area contributed by atoms with E-state index >= 15 is 0 Å². The number of carboxylic acid groups (broad SMARTS) is 1. The number of rotatable bonds is 9. The number of hydrogen-bond donors (Lipinski definition) is 2. The molecular formula is C13H21N3O3. The third kappa shape index (κ3) is 6.59. The van der Waals surface area contributed by atoms with Crippen molar-refractivity contribution in [3.8, 4) is 5.88 Å². The first-order valence-electron chi connectivity index (χ1n) is 6.56. The van der Waals surface area contributed by atoms with Crippen molar-refractivity contribution >= 4 is 11.9 Å². The monoisotopic (exact) mass is 267 g/mol. The van der Waals surface area contributed by atoms with Crippen molar-refractivity contribution < 1.29 is 14.6 Å². The fourth-order valence-electron chi connectivity index (χ4n) is 1.55. The van der Waals surface area contributed by atoms with E-state index in [2.05, 4.69) is 15.3 Å². The molecule has 0 saturated heterocycles. The molecule has 0 aliphatic rings. The number of carbonyl (C=O) groups is 1. The Morgan fingerprint density at radius 1 is 1.58 bits per heavy atom. The van der Waals surface area contributed by atoms with Gasteiger partial charge in [0.1, 0.15) is 0 Å². The Bertz CT molecular complexity index is 398. The lowest BCUT2D eigenvalue weighted by Crippen LogP contribution is -2.17. The maximum absolute atomic E-state index is 10.4. The van der Waals surface area contributed by atoms with E-state index in [9.17, 15) is 4.79 Å². The summed E-state index contributed by atoms with van der Waals surface area (Å²) in [5.74, 6) is 0.298. The van der Waals surface area contributed by atoms with Crippen molar-refractivity contribution in [2.24, 2.45) is 0 Å². The van der Waals surface area contributed by atoms with Crippen LogP contribution in [0.3, 0.4) is 0 Å². The lowest BCUT2D eigenvalue weighted by Gasteiger charge is -2.13. The Hall–Kier alpha value is -1.85. The van der Waals surface area contributed by atoms with Gasteiger partial charge in [-0.3, -0.25) is 4.79 Å². The number of anilines is 1. The van der Waals surface area contributed by atoms with E-state index in [0.29, 0.717) is 24.9 Å². The molecule has 1 rings (SSSR count). The van der Waals surface area contributed by atoms with Gasteiger partial charge in [-0.25, -0.2) is 4.98 Å². The molecule has 0 fully saturated rings. The third-order valence-corrected chi connectivity index (χ3v) is 2.49. The zero-order valence-corrected chi connectivity index (χ0v) is 11.4. The average Bonchev–Trinajstić information content (AvgIpc) is 2.36. The van der Waals surface area contributed by atoms with Crippen LogP contribution in [0.5, 0.6) is 5.88 Å². The van der Waals surface area contributed by atoms with Crippen LogP contribution in [0.15, 0.2) is 12.3 Å². The molecule has 1 atom stereocenters. The van der Waals surface area contributed by atoms with Crippen LogP contribution in [0, 0.1) is 0 Å². The number of hydrogen-bond acceptors (Lipinski definition) is 5. The molecular weight excluding hydrogens is 246 g/mol. The first-order chi connectivity index (χ1) is 9.11. The number of nitrogens with one attached hydrogen (secondary N) is 1. The fourth-order valence-corrected chi connectivity index (χ4v) is 1.55. The summed E-state index contributed by atoms with van der Waals surface area (Å²) in [5.41, 5.74) is 0. The van der Waals surface area contributed by atoms with Crippen molar-refractivity contribution in [2.75, 3.05) is 11.9 Å². The molecule has 1 aromatic rings. The highest BCUT2D eigenvalue weighted by atomic mass is 16.5. The largest absolute Gasteiger partial charge is 0.481 e. The van der Waals surface area contributed by atoms with Crippen LogP contribution >= 0.6 is 0 Å². The van der Waals surface area contributed by atoms with Gasteiger partial charge >= 0.3 is 5.97 Å². The zero-order chi connectivity index (χ0) is 14.1. The number of aromatic nitrogens is 2. The van der Waals surface area contributed by atoms with Gasteiger partial charge in [-0.05, 0) is 26.2 Å². The molecule has 2 N–H and O–H groups in total. The number of nitrogens with zero attached hydrogens (tertiary/aromatic N) is 2. The maximum atomic E-state index is 10.4. The topological polar surface area (TPSA) is 84.3 Å². The van der Waals surface area contributed by atoms with Crippen LogP contribution in [0.1, 0.15) is 39.5 Å². The SMILES string of the molecule is CCCOc1ccnc(NC(C)CCCC(=O)O)n1. The molecule has 1 aromatic heterocycles. The molecule has 0 saturated carbocycles. The molecule has 0 amide bonds. The van der Waals surface area contributed by atoms with Crippen molar-refractivity contribution in [2.45, 2.75) is 45.6 Å². The van der Waals surface area contributed by atoms with Crippen molar-refractivity contribution in [1.29, 1.82) is 0 Å². The minimum Gasteiger partial charge on any atom is -0.481 e. The first kappa shape index (κ1) is 15.2. The van der Waals surface area contributed by atoms with Gasteiger partial charge in [0, 0.05) is 24.7 Å². The Morgan fingerprint density at radius 2 is 2.37 bits per heavy atom. The highest BCUT2D eigenvalue weighted by Crippen LogP contribution is 2.11. The molecule has 1 unspecified atom stereocenters. The van der Waals surface area contributed by atoms with Crippen molar-refractivity contribution in [3.05, 3.63) is 12.3 Å². The Balaban J connectivity index is 2.40. The predicted octanol–water partition coefficient (Wildman–Crippen LogP) is 2.32. The molecule has 6 nitrogen and oxygen atoms in total. The highest BCUT2D eigenvalue weighted by molar-refractivity contribution is 5.66. The molecule has 0 radical (unpaired) electrons. The van der Waals surface area contributed by atoms with Crippen molar-refractivity contribution in [1.82, 2.24) is 9.97 Å². The summed E-state index contributed by atoms with van der Waals surface area (Å²) in [7, 11) is 0. The normalized spacial score (nSPS) is 11.9. The smallest absolute Gasteiger partial charge is 0.303 e. The van der Waals surface area contributed by atoms with E-state index < -0.39 is 5.97 Å². The predicted molar refractivity (Wildman–Crippen MR) is 72.4 cm³/mol. The fraction of sp³-hybridized carbons (Fsp3) is 0.615. The number of ether oxygens (including phenoxy) is 1. The van der Waals surface area contributed by atoms with Gasteiger partial charge in [-0.15, -0.1) is 0 Å². The second-order valence-corrected chi connectivity index (χ2v) is 4.40. The second-order valence-electron chi connectivity index (χ2n) is 4.40. The summed E-state index contributed by atoms with van der Waals surface area (Å²) in [4.78, 5) is 18.8. The third-order valence-electron chi connectivity index (χ3n) is 2.49. The quantitative estimate of drug-likeness (QED) is 0.714. The molecule has 0 bridgehead atoms. The van der Waals surface area contributed by atoms with E-state index in [1.165, 1.54) is 0 Å². The molecule has 0 aliphatic heterocycles. The summed E-state index contributed by atoms with van der Waals surface area (Å²) in [5, 5.41) is 11.7. The van der Waals surface area contributed by atoms with Crippen molar-refractivity contribution in [3.63, 3.8) is 0 Å². The van der Waals surface area contributed by atoms with E-state index in [4.69, 9.17) is 9.84 Å². The molecule has 0 aromatic carbocycles. The standard InChI is InChI=1S/C13H21N3O3/c1-3-9-19-11-7-8-14-13(16-11)15-10(2)5-4-6-12(17)18/h7-8,10H,3-6,9H2,1-2H3,(H,17,18)(H,14,15,16). The van der Waals surface area contributed by atoms with Gasteiger partial charge in [-0.1, -0.05) is 6.92 Å². The van der Waals surface area contributed by atoms with Crippen LogP contribution in [0.25, 0.3) is 0 Å². The highest BCUT2D eigenvalue weighted by Gasteiger charge is 2.06. The van der Waals surface area contributed by atoms with Crippen LogP contribution in [-0.4, -0.2) is 33.7 Å². The molecule has 19 heavy (non-hydrogen) atoms. The molecule has 0 spiro atoms. The minimum absolute atomic E-state index is 0.126. The van der Waals surface area contributed by atoms with Crippen LogP contribution in [0.4, 0.5) is 5.95 Å². The van der Waals surface area contributed by atoms with Gasteiger partial charge in [0.2, 0.25) is 11.8 Å².